The molecule has 0 bridgehead atoms. The van der Waals surface area contributed by atoms with Gasteiger partial charge in [0.1, 0.15) is 6.04 Å². The zero-order chi connectivity index (χ0) is 12.8. The number of halogens is 1. The first-order valence-electron chi connectivity index (χ1n) is 5.79. The molecule has 0 amide bonds. The van der Waals surface area contributed by atoms with Crippen molar-refractivity contribution in [3.63, 3.8) is 0 Å². The van der Waals surface area contributed by atoms with Crippen molar-refractivity contribution in [2.24, 2.45) is 0 Å². The van der Waals surface area contributed by atoms with E-state index in [0.29, 0.717) is 6.42 Å². The molecule has 1 atom stereocenters. The molecule has 0 aromatic heterocycles. The number of carbonyl (C=O) groups is 1. The van der Waals surface area contributed by atoms with E-state index in [1.54, 1.807) is 0 Å². The Morgan fingerprint density at radius 1 is 1.29 bits per heavy atom. The molecule has 0 aliphatic carbocycles. The van der Waals surface area contributed by atoms with Gasteiger partial charge in [0.2, 0.25) is 0 Å². The molecule has 0 radical (unpaired) electrons. The lowest BCUT2D eigenvalue weighted by atomic mass is 10.0. The van der Waals surface area contributed by atoms with Crippen LogP contribution in [0.4, 0.5) is 0 Å². The molecule has 1 aromatic carbocycles. The second-order valence-electron chi connectivity index (χ2n) is 3.91. The summed E-state index contributed by atoms with van der Waals surface area (Å²) in [6.07, 6.45) is 0.546. The summed E-state index contributed by atoms with van der Waals surface area (Å²) in [6.45, 7) is 5.48. The van der Waals surface area contributed by atoms with Gasteiger partial charge in [0.05, 0.1) is 0 Å². The van der Waals surface area contributed by atoms with Crippen molar-refractivity contribution in [2.75, 3.05) is 13.1 Å². The Kier molecular flexibility index (Phi) is 5.65. The van der Waals surface area contributed by atoms with Gasteiger partial charge in [-0.2, -0.15) is 0 Å². The summed E-state index contributed by atoms with van der Waals surface area (Å²) in [5.74, 6) is -0.753. The summed E-state index contributed by atoms with van der Waals surface area (Å²) in [7, 11) is 0. The van der Waals surface area contributed by atoms with Gasteiger partial charge in [-0.25, -0.2) is 0 Å². The Labute approximate surface area is 111 Å². The highest BCUT2D eigenvalue weighted by atomic mass is 79.9. The average molecular weight is 300 g/mol. The van der Waals surface area contributed by atoms with Crippen LogP contribution in [0.3, 0.4) is 0 Å². The van der Waals surface area contributed by atoms with Gasteiger partial charge in [-0.1, -0.05) is 41.9 Å². The van der Waals surface area contributed by atoms with Crippen LogP contribution in [-0.4, -0.2) is 35.1 Å². The van der Waals surface area contributed by atoms with E-state index in [1.807, 2.05) is 43.0 Å². The van der Waals surface area contributed by atoms with Crippen LogP contribution in [0.1, 0.15) is 19.4 Å². The third-order valence-corrected chi connectivity index (χ3v) is 3.41. The normalized spacial score (nSPS) is 12.7. The summed E-state index contributed by atoms with van der Waals surface area (Å²) < 4.78 is 1.01. The number of aliphatic carboxylic acids is 1. The molecule has 0 saturated carbocycles. The Morgan fingerprint density at radius 3 is 2.24 bits per heavy atom. The first kappa shape index (κ1) is 14.2. The van der Waals surface area contributed by atoms with Crippen molar-refractivity contribution < 1.29 is 9.90 Å². The van der Waals surface area contributed by atoms with Crippen LogP contribution in [0.15, 0.2) is 28.7 Å². The van der Waals surface area contributed by atoms with Crippen molar-refractivity contribution in [2.45, 2.75) is 26.3 Å². The van der Waals surface area contributed by atoms with Gasteiger partial charge < -0.3 is 5.11 Å². The number of likely N-dealkylation sites (N-methyl/N-ethyl adjacent to an activating group) is 1. The molecule has 17 heavy (non-hydrogen) atoms. The molecule has 0 spiro atoms. The lowest BCUT2D eigenvalue weighted by Crippen LogP contribution is -2.42. The molecule has 94 valence electrons. The average Bonchev–Trinajstić information content (AvgIpc) is 2.31. The number of carboxylic acids is 1. The van der Waals surface area contributed by atoms with Crippen LogP contribution >= 0.6 is 15.9 Å². The smallest absolute Gasteiger partial charge is 0.321 e. The van der Waals surface area contributed by atoms with Gasteiger partial charge in [-0.15, -0.1) is 0 Å². The van der Waals surface area contributed by atoms with Gasteiger partial charge in [0.15, 0.2) is 0 Å². The van der Waals surface area contributed by atoms with E-state index in [4.69, 9.17) is 0 Å². The molecule has 4 heteroatoms. The van der Waals surface area contributed by atoms with Crippen LogP contribution in [-0.2, 0) is 11.2 Å². The molecule has 0 aliphatic heterocycles. The summed E-state index contributed by atoms with van der Waals surface area (Å²) in [6, 6.07) is 7.37. The number of nitrogens with zero attached hydrogens (tertiary/aromatic N) is 1. The lowest BCUT2D eigenvalue weighted by molar-refractivity contribution is -0.143. The van der Waals surface area contributed by atoms with Crippen molar-refractivity contribution in [3.8, 4) is 0 Å². The van der Waals surface area contributed by atoms with E-state index in [9.17, 15) is 9.90 Å². The van der Waals surface area contributed by atoms with E-state index < -0.39 is 12.0 Å². The van der Waals surface area contributed by atoms with E-state index in [0.717, 1.165) is 23.1 Å². The number of hydrogen-bond donors (Lipinski definition) is 1. The molecule has 0 fully saturated rings. The van der Waals surface area contributed by atoms with Crippen molar-refractivity contribution >= 4 is 21.9 Å². The van der Waals surface area contributed by atoms with Crippen molar-refractivity contribution in [3.05, 3.63) is 34.3 Å². The molecule has 3 nitrogen and oxygen atoms in total. The molecule has 0 aliphatic rings. The number of benzene rings is 1. The zero-order valence-electron chi connectivity index (χ0n) is 10.2. The Bertz CT molecular complexity index is 360. The van der Waals surface area contributed by atoms with Crippen LogP contribution in [0.5, 0.6) is 0 Å². The van der Waals surface area contributed by atoms with Crippen molar-refractivity contribution in [1.29, 1.82) is 0 Å². The first-order chi connectivity index (χ1) is 8.08. The van der Waals surface area contributed by atoms with E-state index in [1.165, 1.54) is 0 Å². The van der Waals surface area contributed by atoms with Gasteiger partial charge in [0, 0.05) is 4.47 Å². The lowest BCUT2D eigenvalue weighted by Gasteiger charge is -2.26. The van der Waals surface area contributed by atoms with Crippen LogP contribution < -0.4 is 0 Å². The maximum atomic E-state index is 11.3. The third-order valence-electron chi connectivity index (χ3n) is 2.88. The minimum atomic E-state index is -0.753. The van der Waals surface area contributed by atoms with Crippen LogP contribution in [0.2, 0.25) is 0 Å². The minimum Gasteiger partial charge on any atom is -0.480 e. The molecule has 0 saturated heterocycles. The number of carboxylic acid groups (broad SMARTS) is 1. The third kappa shape index (κ3) is 4.13. The Balaban J connectivity index is 2.79. The Hall–Kier alpha value is -0.870. The maximum Gasteiger partial charge on any atom is 0.321 e. The second kappa shape index (κ2) is 6.77. The number of hydrogen-bond acceptors (Lipinski definition) is 2. The summed E-state index contributed by atoms with van der Waals surface area (Å²) in [4.78, 5) is 13.2. The van der Waals surface area contributed by atoms with E-state index in [2.05, 4.69) is 15.9 Å². The molecule has 1 rings (SSSR count). The standard InChI is InChI=1S/C13H18BrNO2/c1-3-15(4-2)12(13(16)17)9-10-5-7-11(14)8-6-10/h5-8,12H,3-4,9H2,1-2H3,(H,16,17)/t12-/m1/s1. The SMILES string of the molecule is CCN(CC)[C@H](Cc1ccc(Br)cc1)C(=O)O. The van der Waals surface area contributed by atoms with Gasteiger partial charge >= 0.3 is 5.97 Å². The van der Waals surface area contributed by atoms with Crippen molar-refractivity contribution in [1.82, 2.24) is 4.90 Å². The second-order valence-corrected chi connectivity index (χ2v) is 4.82. The van der Waals surface area contributed by atoms with Gasteiger partial charge in [0.25, 0.3) is 0 Å². The fraction of sp³-hybridized carbons (Fsp3) is 0.462. The van der Waals surface area contributed by atoms with Gasteiger partial charge in [-0.3, -0.25) is 9.69 Å². The number of rotatable bonds is 6. The molecule has 0 heterocycles. The monoisotopic (exact) mass is 299 g/mol. The molecule has 1 aromatic rings. The summed E-state index contributed by atoms with van der Waals surface area (Å²) >= 11 is 3.37. The summed E-state index contributed by atoms with van der Waals surface area (Å²) in [5.41, 5.74) is 1.05. The predicted octanol–water partition coefficient (Wildman–Crippen LogP) is 2.79. The fourth-order valence-corrected chi connectivity index (χ4v) is 2.15. The van der Waals surface area contributed by atoms with E-state index in [-0.39, 0.29) is 0 Å². The molecule has 1 N–H and O–H groups in total. The van der Waals surface area contributed by atoms with Gasteiger partial charge in [-0.05, 0) is 37.2 Å². The quantitative estimate of drug-likeness (QED) is 0.878. The van der Waals surface area contributed by atoms with Crippen LogP contribution in [0.25, 0.3) is 0 Å². The Morgan fingerprint density at radius 2 is 1.82 bits per heavy atom. The zero-order valence-corrected chi connectivity index (χ0v) is 11.8. The first-order valence-corrected chi connectivity index (χ1v) is 6.59. The largest absolute Gasteiger partial charge is 0.480 e. The molecule has 0 unspecified atom stereocenters. The molecular formula is C13H18BrNO2. The molecular weight excluding hydrogens is 282 g/mol. The fourth-order valence-electron chi connectivity index (χ4n) is 1.88. The topological polar surface area (TPSA) is 40.5 Å². The maximum absolute atomic E-state index is 11.3. The van der Waals surface area contributed by atoms with Crippen LogP contribution in [0, 0.1) is 0 Å². The van der Waals surface area contributed by atoms with E-state index >= 15 is 0 Å². The predicted molar refractivity (Wildman–Crippen MR) is 72.2 cm³/mol. The minimum absolute atomic E-state index is 0.439. The highest BCUT2D eigenvalue weighted by Crippen LogP contribution is 2.14. The highest BCUT2D eigenvalue weighted by molar-refractivity contribution is 9.10. The highest BCUT2D eigenvalue weighted by Gasteiger charge is 2.23. The summed E-state index contributed by atoms with van der Waals surface area (Å²) in [5, 5.41) is 9.27.